The summed E-state index contributed by atoms with van der Waals surface area (Å²) < 4.78 is 64.6. The van der Waals surface area contributed by atoms with Crippen molar-refractivity contribution in [3.63, 3.8) is 0 Å². The van der Waals surface area contributed by atoms with Gasteiger partial charge in [-0.2, -0.15) is 22.5 Å². The van der Waals surface area contributed by atoms with Crippen molar-refractivity contribution in [2.24, 2.45) is 0 Å². The molecule has 0 fully saturated rings. The first kappa shape index (κ1) is 19.4. The van der Waals surface area contributed by atoms with Crippen LogP contribution < -0.4 is 14.8 Å². The first-order valence-electron chi connectivity index (χ1n) is 8.27. The van der Waals surface area contributed by atoms with E-state index in [1.807, 2.05) is 6.92 Å². The minimum atomic E-state index is -1.73. The highest BCUT2D eigenvalue weighted by Gasteiger charge is 2.20. The molecule has 5 nitrogen and oxygen atoms in total. The third kappa shape index (κ3) is 4.48. The number of anilines is 1. The summed E-state index contributed by atoms with van der Waals surface area (Å²) in [6.45, 7) is 2.29. The monoisotopic (exact) mass is 393 g/mol. The Hall–Kier alpha value is -3.36. The number of nitrogens with zero attached hydrogens (tertiary/aromatic N) is 2. The molecular formula is C19H15F4N3O2. The molecule has 0 radical (unpaired) electrons. The minimum Gasteiger partial charge on any atom is -0.494 e. The van der Waals surface area contributed by atoms with Crippen LogP contribution >= 0.6 is 0 Å². The second-order valence-corrected chi connectivity index (χ2v) is 5.56. The third-order valence-corrected chi connectivity index (χ3v) is 3.62. The van der Waals surface area contributed by atoms with Crippen LogP contribution in [-0.4, -0.2) is 16.6 Å². The van der Waals surface area contributed by atoms with Crippen molar-refractivity contribution in [1.82, 2.24) is 9.97 Å². The zero-order chi connectivity index (χ0) is 20.1. The Morgan fingerprint density at radius 2 is 1.57 bits per heavy atom. The molecule has 0 aliphatic rings. The van der Waals surface area contributed by atoms with E-state index in [9.17, 15) is 17.6 Å². The molecule has 0 saturated heterocycles. The molecule has 2 heterocycles. The molecule has 0 unspecified atom stereocenters. The summed E-state index contributed by atoms with van der Waals surface area (Å²) in [4.78, 5) is 6.56. The zero-order valence-corrected chi connectivity index (χ0v) is 14.7. The van der Waals surface area contributed by atoms with Gasteiger partial charge < -0.3 is 14.8 Å². The predicted octanol–water partition coefficient (Wildman–Crippen LogP) is 4.84. The van der Waals surface area contributed by atoms with Crippen molar-refractivity contribution in [2.45, 2.75) is 13.5 Å². The Balaban J connectivity index is 1.70. The molecule has 146 valence electrons. The second-order valence-electron chi connectivity index (χ2n) is 5.56. The molecule has 2 aromatic heterocycles. The largest absolute Gasteiger partial charge is 0.494 e. The van der Waals surface area contributed by atoms with E-state index in [1.165, 1.54) is 12.3 Å². The van der Waals surface area contributed by atoms with Crippen molar-refractivity contribution < 1.29 is 27.0 Å². The Morgan fingerprint density at radius 1 is 0.929 bits per heavy atom. The van der Waals surface area contributed by atoms with Gasteiger partial charge in [-0.1, -0.05) is 0 Å². The SMILES string of the molecule is CCOc1ccc(Oc2cc(CNc3c(F)c(F)nc(F)c3F)ccn2)cc1. The number of hydrogen-bond acceptors (Lipinski definition) is 5. The summed E-state index contributed by atoms with van der Waals surface area (Å²) in [6.07, 6.45) is 1.43. The number of benzene rings is 1. The number of ether oxygens (including phenoxy) is 2. The highest BCUT2D eigenvalue weighted by atomic mass is 19.2. The van der Waals surface area contributed by atoms with E-state index in [-0.39, 0.29) is 12.4 Å². The van der Waals surface area contributed by atoms with Crippen LogP contribution in [0.4, 0.5) is 23.2 Å². The fourth-order valence-electron chi connectivity index (χ4n) is 2.34. The maximum atomic E-state index is 13.6. The molecule has 0 amide bonds. The molecule has 0 spiro atoms. The maximum absolute atomic E-state index is 13.6. The van der Waals surface area contributed by atoms with Gasteiger partial charge in [-0.3, -0.25) is 0 Å². The Kier molecular flexibility index (Phi) is 5.93. The summed E-state index contributed by atoms with van der Waals surface area (Å²) in [5.74, 6) is -5.21. The lowest BCUT2D eigenvalue weighted by Gasteiger charge is -2.11. The van der Waals surface area contributed by atoms with Crippen molar-refractivity contribution in [2.75, 3.05) is 11.9 Å². The van der Waals surface area contributed by atoms with Gasteiger partial charge in [-0.15, -0.1) is 0 Å². The number of hydrogen-bond donors (Lipinski definition) is 1. The number of nitrogens with one attached hydrogen (secondary N) is 1. The molecule has 3 rings (SSSR count). The quantitative estimate of drug-likeness (QED) is 0.460. The van der Waals surface area contributed by atoms with Gasteiger partial charge in [0, 0.05) is 18.8 Å². The molecule has 28 heavy (non-hydrogen) atoms. The summed E-state index contributed by atoms with van der Waals surface area (Å²) in [6, 6.07) is 9.95. The highest BCUT2D eigenvalue weighted by Crippen LogP contribution is 2.25. The second kappa shape index (κ2) is 8.55. The molecular weight excluding hydrogens is 378 g/mol. The molecule has 0 bridgehead atoms. The zero-order valence-electron chi connectivity index (χ0n) is 14.7. The molecule has 1 N–H and O–H groups in total. The summed E-state index contributed by atoms with van der Waals surface area (Å²) in [7, 11) is 0. The molecule has 0 atom stereocenters. The van der Waals surface area contributed by atoms with Gasteiger partial charge in [-0.05, 0) is 42.8 Å². The van der Waals surface area contributed by atoms with Crippen LogP contribution in [0, 0.1) is 23.5 Å². The molecule has 3 aromatic rings. The van der Waals surface area contributed by atoms with E-state index < -0.39 is 29.2 Å². The van der Waals surface area contributed by atoms with Crippen molar-refractivity contribution >= 4 is 5.69 Å². The summed E-state index contributed by atoms with van der Waals surface area (Å²) in [5.41, 5.74) is -0.414. The smallest absolute Gasteiger partial charge is 0.253 e. The van der Waals surface area contributed by atoms with Gasteiger partial charge in [0.05, 0.1) is 6.61 Å². The van der Waals surface area contributed by atoms with Crippen LogP contribution in [0.15, 0.2) is 42.6 Å². The molecule has 0 saturated carbocycles. The Morgan fingerprint density at radius 3 is 2.21 bits per heavy atom. The maximum Gasteiger partial charge on any atom is 0.253 e. The molecule has 1 aromatic carbocycles. The fourth-order valence-corrected chi connectivity index (χ4v) is 2.34. The van der Waals surface area contributed by atoms with Crippen molar-refractivity contribution in [1.29, 1.82) is 0 Å². The van der Waals surface area contributed by atoms with Crippen molar-refractivity contribution in [3.05, 3.63) is 71.7 Å². The van der Waals surface area contributed by atoms with E-state index in [1.54, 1.807) is 30.3 Å². The van der Waals surface area contributed by atoms with Gasteiger partial charge >= 0.3 is 0 Å². The van der Waals surface area contributed by atoms with Crippen LogP contribution in [0.25, 0.3) is 0 Å². The van der Waals surface area contributed by atoms with E-state index in [0.717, 1.165) is 0 Å². The van der Waals surface area contributed by atoms with E-state index in [4.69, 9.17) is 9.47 Å². The van der Waals surface area contributed by atoms with Gasteiger partial charge in [0.2, 0.25) is 17.5 Å². The third-order valence-electron chi connectivity index (χ3n) is 3.62. The van der Waals surface area contributed by atoms with E-state index in [0.29, 0.717) is 23.7 Å². The normalized spacial score (nSPS) is 10.6. The Labute approximate surface area is 158 Å². The first-order chi connectivity index (χ1) is 13.5. The standard InChI is InChI=1S/C19H15F4N3O2/c1-2-27-12-3-5-13(6-4-12)28-14-9-11(7-8-24-14)10-25-17-15(20)18(22)26-19(23)16(17)21/h3-9H,2,10H2,1H3,(H,25,26). The molecule has 0 aliphatic heterocycles. The van der Waals surface area contributed by atoms with Gasteiger partial charge in [-0.25, -0.2) is 4.98 Å². The van der Waals surface area contributed by atoms with Crippen LogP contribution in [-0.2, 0) is 6.54 Å². The summed E-state index contributed by atoms with van der Waals surface area (Å²) in [5, 5.41) is 2.32. The van der Waals surface area contributed by atoms with Crippen molar-refractivity contribution in [3.8, 4) is 17.4 Å². The average Bonchev–Trinajstić information content (AvgIpc) is 2.68. The van der Waals surface area contributed by atoms with Gasteiger partial charge in [0.25, 0.3) is 11.9 Å². The van der Waals surface area contributed by atoms with Crippen LogP contribution in [0.5, 0.6) is 17.4 Å². The number of pyridine rings is 2. The van der Waals surface area contributed by atoms with Gasteiger partial charge in [0.1, 0.15) is 17.2 Å². The minimum absolute atomic E-state index is 0.126. The van der Waals surface area contributed by atoms with Crippen LogP contribution in [0.1, 0.15) is 12.5 Å². The fraction of sp³-hybridized carbons (Fsp3) is 0.158. The Bertz CT molecular complexity index is 942. The molecule has 0 aliphatic carbocycles. The lowest BCUT2D eigenvalue weighted by atomic mass is 10.2. The number of rotatable bonds is 7. The van der Waals surface area contributed by atoms with Crippen LogP contribution in [0.3, 0.4) is 0 Å². The van der Waals surface area contributed by atoms with E-state index >= 15 is 0 Å². The highest BCUT2D eigenvalue weighted by molar-refractivity contribution is 5.46. The first-order valence-corrected chi connectivity index (χ1v) is 8.27. The topological polar surface area (TPSA) is 56.3 Å². The van der Waals surface area contributed by atoms with E-state index in [2.05, 4.69) is 15.3 Å². The number of halogens is 4. The lowest BCUT2D eigenvalue weighted by molar-refractivity contribution is 0.339. The molecule has 9 heteroatoms. The predicted molar refractivity (Wildman–Crippen MR) is 93.3 cm³/mol. The van der Waals surface area contributed by atoms with Gasteiger partial charge in [0.15, 0.2) is 0 Å². The lowest BCUT2D eigenvalue weighted by Crippen LogP contribution is -2.09. The number of aromatic nitrogens is 2. The average molecular weight is 393 g/mol. The van der Waals surface area contributed by atoms with Crippen LogP contribution in [0.2, 0.25) is 0 Å². The summed E-state index contributed by atoms with van der Waals surface area (Å²) >= 11 is 0.